The molecule has 166 valence electrons. The Morgan fingerprint density at radius 1 is 0.939 bits per heavy atom. The molecule has 8 nitrogen and oxygen atoms in total. The van der Waals surface area contributed by atoms with Gasteiger partial charge in [0.05, 0.1) is 24.2 Å². The molecule has 1 N–H and O–H groups in total. The second-order valence-electron chi connectivity index (χ2n) is 8.36. The molecule has 3 aromatic carbocycles. The Morgan fingerprint density at radius 3 is 2.48 bits per heavy atom. The maximum atomic E-state index is 12.9. The normalized spacial score (nSPS) is 14.5. The molecule has 0 spiro atoms. The number of benzene rings is 3. The Balaban J connectivity index is 1.45. The zero-order chi connectivity index (χ0) is 22.5. The number of rotatable bonds is 4. The molecule has 0 bridgehead atoms. The summed E-state index contributed by atoms with van der Waals surface area (Å²) in [7, 11) is 1.62. The first-order valence-electron chi connectivity index (χ1n) is 11.0. The lowest BCUT2D eigenvalue weighted by Crippen LogP contribution is -2.30. The Morgan fingerprint density at radius 2 is 1.70 bits per heavy atom. The molecule has 1 aliphatic carbocycles. The predicted molar refractivity (Wildman–Crippen MR) is 124 cm³/mol. The third-order valence-electron chi connectivity index (χ3n) is 6.32. The number of methoxy groups -OCH3 is 1. The fourth-order valence-corrected chi connectivity index (χ4v) is 4.61. The number of fused-ring (bicyclic) bond motifs is 3. The SMILES string of the molecule is COc1cc(-c2nc3cc4c(cc3n2)[n+]([O-])c2ccccc2n4O)ccc1OC1CCCC1. The first-order chi connectivity index (χ1) is 16.1. The van der Waals surface area contributed by atoms with Crippen molar-refractivity contribution in [3.05, 3.63) is 59.8 Å². The summed E-state index contributed by atoms with van der Waals surface area (Å²) in [6, 6.07) is 15.9. The van der Waals surface area contributed by atoms with Crippen molar-refractivity contribution >= 4 is 33.1 Å². The summed E-state index contributed by atoms with van der Waals surface area (Å²) in [6.45, 7) is 0. The summed E-state index contributed by atoms with van der Waals surface area (Å²) >= 11 is 0. The van der Waals surface area contributed by atoms with Crippen LogP contribution in [0.5, 0.6) is 11.5 Å². The van der Waals surface area contributed by atoms with Crippen LogP contribution in [0.15, 0.2) is 54.6 Å². The minimum absolute atomic E-state index is 0.231. The predicted octanol–water partition coefficient (Wildman–Crippen LogP) is 4.61. The van der Waals surface area contributed by atoms with E-state index < -0.39 is 0 Å². The van der Waals surface area contributed by atoms with Crippen molar-refractivity contribution < 1.29 is 19.4 Å². The minimum Gasteiger partial charge on any atom is -0.618 e. The maximum Gasteiger partial charge on any atom is 0.246 e. The van der Waals surface area contributed by atoms with E-state index in [1.807, 2.05) is 18.2 Å². The summed E-state index contributed by atoms with van der Waals surface area (Å²) < 4.78 is 13.5. The van der Waals surface area contributed by atoms with E-state index in [2.05, 4.69) is 9.97 Å². The van der Waals surface area contributed by atoms with E-state index in [1.165, 1.54) is 12.8 Å². The van der Waals surface area contributed by atoms with Gasteiger partial charge in [-0.15, -0.1) is 0 Å². The third-order valence-corrected chi connectivity index (χ3v) is 6.32. The van der Waals surface area contributed by atoms with Crippen LogP contribution in [0.3, 0.4) is 0 Å². The van der Waals surface area contributed by atoms with Gasteiger partial charge < -0.3 is 19.9 Å². The van der Waals surface area contributed by atoms with Crippen LogP contribution in [0, 0.1) is 5.21 Å². The summed E-state index contributed by atoms with van der Waals surface area (Å²) in [4.78, 5) is 9.29. The number of para-hydroxylation sites is 2. The molecule has 1 saturated carbocycles. The summed E-state index contributed by atoms with van der Waals surface area (Å²) in [6.07, 6.45) is 4.75. The van der Waals surface area contributed by atoms with Crippen molar-refractivity contribution in [2.24, 2.45) is 0 Å². The Kier molecular flexibility index (Phi) is 4.46. The summed E-state index contributed by atoms with van der Waals surface area (Å²) in [5.41, 5.74) is 3.40. The van der Waals surface area contributed by atoms with Crippen LogP contribution in [0.25, 0.3) is 44.5 Å². The van der Waals surface area contributed by atoms with Gasteiger partial charge in [-0.2, -0.15) is 9.46 Å². The monoisotopic (exact) mass is 442 g/mol. The molecule has 0 atom stereocenters. The lowest BCUT2D eigenvalue weighted by Gasteiger charge is -2.16. The number of imidazole rings is 1. The van der Waals surface area contributed by atoms with Gasteiger partial charge in [-0.1, -0.05) is 12.1 Å². The van der Waals surface area contributed by atoms with Crippen molar-refractivity contribution in [1.82, 2.24) is 14.7 Å². The largest absolute Gasteiger partial charge is 0.618 e. The van der Waals surface area contributed by atoms with Crippen molar-refractivity contribution in [2.45, 2.75) is 31.8 Å². The molecule has 0 amide bonds. The molecule has 0 radical (unpaired) electrons. The minimum atomic E-state index is 0.231. The highest BCUT2D eigenvalue weighted by Gasteiger charge is 2.21. The molecule has 1 fully saturated rings. The summed E-state index contributed by atoms with van der Waals surface area (Å²) in [5.74, 6) is 1.86. The highest BCUT2D eigenvalue weighted by molar-refractivity contribution is 5.93. The number of hydrogen-bond acceptors (Lipinski definition) is 6. The fraction of sp³-hybridized carbons (Fsp3) is 0.240. The van der Waals surface area contributed by atoms with Gasteiger partial charge >= 0.3 is 0 Å². The van der Waals surface area contributed by atoms with Crippen LogP contribution < -0.4 is 14.2 Å². The molecule has 2 aromatic heterocycles. The number of nitrogens with zero attached hydrogens (tertiary/aromatic N) is 4. The van der Waals surface area contributed by atoms with Crippen LogP contribution in [0.2, 0.25) is 0 Å². The Hall–Kier alpha value is -4.07. The number of aromatic nitrogens is 4. The van der Waals surface area contributed by atoms with Crippen LogP contribution in [-0.4, -0.2) is 33.1 Å². The van der Waals surface area contributed by atoms with Crippen molar-refractivity contribution in [1.29, 1.82) is 0 Å². The van der Waals surface area contributed by atoms with E-state index in [1.54, 1.807) is 43.5 Å². The standard InChI is InChI=1S/C25H22N4O4/c1-32-24-12-15(10-11-23(24)33-16-6-2-3-7-16)25-26-17-13-21-22(14-18(17)27-25)29(31)20-9-5-4-8-19(20)28(21)30/h4-5,8-14,16,30H,2-3,6-7H2,1H3. The van der Waals surface area contributed by atoms with E-state index in [0.29, 0.717) is 44.7 Å². The smallest absolute Gasteiger partial charge is 0.246 e. The molecule has 2 heterocycles. The van der Waals surface area contributed by atoms with Crippen LogP contribution in [-0.2, 0) is 0 Å². The highest BCUT2D eigenvalue weighted by Crippen LogP contribution is 2.35. The van der Waals surface area contributed by atoms with E-state index >= 15 is 0 Å². The molecular formula is C25H22N4O4. The molecule has 33 heavy (non-hydrogen) atoms. The first kappa shape index (κ1) is 19.6. The van der Waals surface area contributed by atoms with Gasteiger partial charge in [-0.25, -0.2) is 9.97 Å². The second kappa shape index (κ2) is 7.51. The molecule has 8 heteroatoms. The van der Waals surface area contributed by atoms with Gasteiger partial charge in [-0.05, 0) is 49.9 Å². The van der Waals surface area contributed by atoms with Gasteiger partial charge in [0, 0.05) is 23.8 Å². The van der Waals surface area contributed by atoms with E-state index in [-0.39, 0.29) is 6.10 Å². The van der Waals surface area contributed by atoms with Crippen LogP contribution in [0.4, 0.5) is 0 Å². The molecule has 5 aromatic rings. The maximum absolute atomic E-state index is 12.9. The lowest BCUT2D eigenvalue weighted by atomic mass is 10.2. The quantitative estimate of drug-likeness (QED) is 0.189. The Bertz CT molecular complexity index is 1440. The zero-order valence-electron chi connectivity index (χ0n) is 18.1. The Labute approximate surface area is 189 Å². The average Bonchev–Trinajstić information content (AvgIpc) is 3.51. The zero-order valence-corrected chi connectivity index (χ0v) is 18.1. The average molecular weight is 442 g/mol. The third kappa shape index (κ3) is 3.17. The van der Waals surface area contributed by atoms with Gasteiger partial charge in [0.25, 0.3) is 0 Å². The number of ether oxygens (including phenoxy) is 2. The fourth-order valence-electron chi connectivity index (χ4n) is 4.61. The second-order valence-corrected chi connectivity index (χ2v) is 8.36. The molecule has 0 aliphatic heterocycles. The van der Waals surface area contributed by atoms with Crippen molar-refractivity contribution in [3.63, 3.8) is 0 Å². The van der Waals surface area contributed by atoms with Crippen molar-refractivity contribution in [2.75, 3.05) is 7.11 Å². The van der Waals surface area contributed by atoms with Crippen LogP contribution >= 0.6 is 0 Å². The highest BCUT2D eigenvalue weighted by atomic mass is 16.5. The first-order valence-corrected chi connectivity index (χ1v) is 11.0. The number of hydrogen-bond donors (Lipinski definition) is 1. The van der Waals surface area contributed by atoms with E-state index in [0.717, 1.165) is 33.6 Å². The molecular weight excluding hydrogens is 420 g/mol. The van der Waals surface area contributed by atoms with Gasteiger partial charge in [0.15, 0.2) is 28.4 Å². The van der Waals surface area contributed by atoms with E-state index in [4.69, 9.17) is 9.47 Å². The van der Waals surface area contributed by atoms with E-state index in [9.17, 15) is 10.4 Å². The molecule has 1 aliphatic rings. The molecule has 0 unspecified atom stereocenters. The van der Waals surface area contributed by atoms with Gasteiger partial charge in [0.1, 0.15) is 0 Å². The molecule has 6 rings (SSSR count). The summed E-state index contributed by atoms with van der Waals surface area (Å²) in [5, 5.41) is 23.7. The van der Waals surface area contributed by atoms with Gasteiger partial charge in [-0.3, -0.25) is 0 Å². The van der Waals surface area contributed by atoms with Crippen molar-refractivity contribution in [3.8, 4) is 22.9 Å². The topological polar surface area (TPSA) is 96.3 Å². The lowest BCUT2D eigenvalue weighted by molar-refractivity contribution is -0.548. The van der Waals surface area contributed by atoms with Crippen LogP contribution in [0.1, 0.15) is 25.7 Å². The van der Waals surface area contributed by atoms with Gasteiger partial charge in [0.2, 0.25) is 11.0 Å². The molecule has 0 saturated heterocycles.